The van der Waals surface area contributed by atoms with Crippen molar-refractivity contribution < 1.29 is 0 Å². The average molecular weight is 150 g/mol. The molecule has 0 aliphatic rings. The minimum atomic E-state index is 0. The number of rotatable bonds is 0. The van der Waals surface area contributed by atoms with Crippen molar-refractivity contribution in [1.29, 1.82) is 0 Å². The predicted molar refractivity (Wildman–Crippen MR) is 56.1 cm³/mol. The molecular weight excluding hydrogens is 139 g/mol. The molecule has 0 nitrogen and oxygen atoms in total. The first-order valence-corrected chi connectivity index (χ1v) is 3.82. The monoisotopic (exact) mass is 150 g/mol. The third kappa shape index (κ3) is 1.55. The van der Waals surface area contributed by atoms with Crippen molar-refractivity contribution in [3.05, 3.63) is 42.5 Å². The molecule has 0 saturated carbocycles. The van der Waals surface area contributed by atoms with Gasteiger partial charge in [0, 0.05) is 0 Å². The van der Waals surface area contributed by atoms with E-state index in [4.69, 9.17) is 0 Å². The van der Waals surface area contributed by atoms with Gasteiger partial charge in [0.05, 0.1) is 0 Å². The summed E-state index contributed by atoms with van der Waals surface area (Å²) in [5.74, 6) is 0. The average Bonchev–Trinajstić information content (AvgIpc) is 2.06. The van der Waals surface area contributed by atoms with Gasteiger partial charge in [0.2, 0.25) is 0 Å². The molecule has 0 amide bonds. The summed E-state index contributed by atoms with van der Waals surface area (Å²) in [5.41, 5.74) is 0. The van der Waals surface area contributed by atoms with Gasteiger partial charge in [-0.25, -0.2) is 0 Å². The van der Waals surface area contributed by atoms with Gasteiger partial charge in [-0.3, -0.25) is 0 Å². The molecule has 0 radical (unpaired) electrons. The Morgan fingerprint density at radius 3 is 2.25 bits per heavy atom. The Bertz CT molecular complexity index is 374. The van der Waals surface area contributed by atoms with Gasteiger partial charge in [-0.15, -0.1) is 0 Å². The van der Waals surface area contributed by atoms with Gasteiger partial charge < -0.3 is 0 Å². The maximum atomic E-state index is 2.16. The molecule has 2 aromatic carbocycles. The van der Waals surface area contributed by atoms with Crippen LogP contribution in [0.25, 0.3) is 10.8 Å². The van der Waals surface area contributed by atoms with Gasteiger partial charge in [0.25, 0.3) is 0 Å². The number of benzene rings is 2. The van der Waals surface area contributed by atoms with E-state index < -0.39 is 0 Å². The molecule has 0 N–H and O–H groups in total. The van der Waals surface area contributed by atoms with Crippen LogP contribution >= 0.6 is 0 Å². The molecule has 0 bridgehead atoms. The molecule has 2 rings (SSSR count). The molecule has 1 heteroatoms. The first-order valence-electron chi connectivity index (χ1n) is 3.82. The summed E-state index contributed by atoms with van der Waals surface area (Å²) in [4.78, 5) is 0. The predicted octanol–water partition coefficient (Wildman–Crippen LogP) is 2.27. The summed E-state index contributed by atoms with van der Waals surface area (Å²) < 4.78 is 1.35. The Kier molecular flexibility index (Phi) is 2.98. The van der Waals surface area contributed by atoms with E-state index in [1.54, 1.807) is 0 Å². The van der Waals surface area contributed by atoms with Gasteiger partial charge in [-0.05, 0) is 0 Å². The van der Waals surface area contributed by atoms with Crippen molar-refractivity contribution in [3.8, 4) is 0 Å². The Morgan fingerprint density at radius 2 is 1.50 bits per heavy atom. The van der Waals surface area contributed by atoms with Crippen LogP contribution in [0.2, 0.25) is 0 Å². The quantitative estimate of drug-likeness (QED) is 0.505. The van der Waals surface area contributed by atoms with Crippen LogP contribution in [0, 0.1) is 0 Å². The van der Waals surface area contributed by atoms with Gasteiger partial charge in [0.1, 0.15) is 0 Å². The van der Waals surface area contributed by atoms with E-state index in [2.05, 4.69) is 60.2 Å². The Morgan fingerprint density at radius 1 is 0.833 bits per heavy atom. The second-order valence-electron chi connectivity index (χ2n) is 2.80. The molecule has 56 valence electrons. The summed E-state index contributed by atoms with van der Waals surface area (Å²) in [6.45, 7) is 0. The number of hydrogen-bond donors (Lipinski definition) is 0. The number of hydrogen-bond acceptors (Lipinski definition) is 0. The van der Waals surface area contributed by atoms with Crippen molar-refractivity contribution in [2.75, 3.05) is 0 Å². The molecular formula is C11H11Li. The third-order valence-corrected chi connectivity index (χ3v) is 2.01. The van der Waals surface area contributed by atoms with Crippen molar-refractivity contribution in [2.24, 2.45) is 0 Å². The van der Waals surface area contributed by atoms with Crippen LogP contribution in [-0.4, -0.2) is 17.7 Å². The van der Waals surface area contributed by atoms with Crippen molar-refractivity contribution >= 4 is 32.7 Å². The summed E-state index contributed by atoms with van der Waals surface area (Å²) in [6.07, 6.45) is 0. The molecule has 2 aromatic rings. The van der Waals surface area contributed by atoms with E-state index in [-0.39, 0.29) is 7.43 Å². The topological polar surface area (TPSA) is 0 Å². The Labute approximate surface area is 82.8 Å². The summed E-state index contributed by atoms with van der Waals surface area (Å²) >= 11 is 2.14. The van der Waals surface area contributed by atoms with Gasteiger partial charge in [-0.2, -0.15) is 0 Å². The first kappa shape index (κ1) is 9.39. The normalized spacial score (nSPS) is 9.50. The zero-order valence-electron chi connectivity index (χ0n) is 6.54. The molecule has 0 heterocycles. The second-order valence-corrected chi connectivity index (χ2v) is 2.80. The van der Waals surface area contributed by atoms with E-state index in [9.17, 15) is 0 Å². The second kappa shape index (κ2) is 3.80. The summed E-state index contributed by atoms with van der Waals surface area (Å²) in [7, 11) is 0. The van der Waals surface area contributed by atoms with Crippen LogP contribution in [-0.2, 0) is 0 Å². The Hall–Kier alpha value is -0.703. The zero-order chi connectivity index (χ0) is 7.68. The molecule has 0 spiro atoms. The van der Waals surface area contributed by atoms with Crippen molar-refractivity contribution in [1.82, 2.24) is 0 Å². The fourth-order valence-corrected chi connectivity index (χ4v) is 1.39. The molecule has 0 saturated heterocycles. The summed E-state index contributed by atoms with van der Waals surface area (Å²) in [6, 6.07) is 14.8. The SMILES string of the molecule is C.[Li][c]1cccc2ccccc12. The van der Waals surface area contributed by atoms with Crippen molar-refractivity contribution in [3.63, 3.8) is 0 Å². The van der Waals surface area contributed by atoms with E-state index in [0.29, 0.717) is 0 Å². The van der Waals surface area contributed by atoms with Crippen LogP contribution in [0.15, 0.2) is 42.5 Å². The molecule has 0 aliphatic heterocycles. The molecule has 0 atom stereocenters. The standard InChI is InChI=1S/C10H7.CH4.Li/c1-2-6-10-8-4-3-7-9(10)5-1;;/h1-7H;1H4;. The fourth-order valence-electron chi connectivity index (χ4n) is 1.39. The maximum absolute atomic E-state index is 2.16. The van der Waals surface area contributed by atoms with Crippen LogP contribution in [0.1, 0.15) is 7.43 Å². The van der Waals surface area contributed by atoms with Crippen LogP contribution in [0.4, 0.5) is 0 Å². The van der Waals surface area contributed by atoms with Crippen LogP contribution in [0.3, 0.4) is 0 Å². The molecule has 0 unspecified atom stereocenters. The Balaban J connectivity index is 0.000000720. The van der Waals surface area contributed by atoms with E-state index in [1.807, 2.05) is 0 Å². The van der Waals surface area contributed by atoms with E-state index in [0.717, 1.165) is 0 Å². The van der Waals surface area contributed by atoms with E-state index in [1.165, 1.54) is 15.0 Å². The molecule has 0 aromatic heterocycles. The zero-order valence-corrected chi connectivity index (χ0v) is 6.54. The van der Waals surface area contributed by atoms with Gasteiger partial charge in [-0.1, -0.05) is 7.43 Å². The minimum absolute atomic E-state index is 0. The molecule has 0 aliphatic carbocycles. The van der Waals surface area contributed by atoms with E-state index >= 15 is 0 Å². The van der Waals surface area contributed by atoms with Crippen LogP contribution < -0.4 is 4.24 Å². The third-order valence-electron chi connectivity index (χ3n) is 2.01. The number of fused-ring (bicyclic) bond motifs is 1. The van der Waals surface area contributed by atoms with Crippen LogP contribution in [0.5, 0.6) is 0 Å². The van der Waals surface area contributed by atoms with Crippen molar-refractivity contribution in [2.45, 2.75) is 7.43 Å². The van der Waals surface area contributed by atoms with Gasteiger partial charge >= 0.3 is 75.2 Å². The summed E-state index contributed by atoms with van der Waals surface area (Å²) in [5, 5.41) is 2.68. The molecule has 12 heavy (non-hydrogen) atoms. The molecule has 0 fully saturated rings. The first-order chi connectivity index (χ1) is 5.38. The van der Waals surface area contributed by atoms with Gasteiger partial charge in [0.15, 0.2) is 0 Å². The fraction of sp³-hybridized carbons (Fsp3) is 0.0909.